The molecule has 2 N–H and O–H groups in total. The molecule has 0 aliphatic heterocycles. The molecule has 1 aromatic carbocycles. The fourth-order valence-corrected chi connectivity index (χ4v) is 2.36. The van der Waals surface area contributed by atoms with Crippen molar-refractivity contribution < 1.29 is 14.3 Å². The van der Waals surface area contributed by atoms with Crippen LogP contribution in [0.3, 0.4) is 0 Å². The number of rotatable bonds is 9. The van der Waals surface area contributed by atoms with Gasteiger partial charge in [-0.1, -0.05) is 12.1 Å². The minimum absolute atomic E-state index is 0. The summed E-state index contributed by atoms with van der Waals surface area (Å²) in [5.41, 5.74) is 1.83. The number of anilines is 1. The van der Waals surface area contributed by atoms with Crippen LogP contribution in [-0.2, 0) is 20.9 Å². The predicted octanol–water partition coefficient (Wildman–Crippen LogP) is 1.79. The first-order chi connectivity index (χ1) is 11.1. The highest BCUT2D eigenvalue weighted by Crippen LogP contribution is 2.28. The van der Waals surface area contributed by atoms with Gasteiger partial charge in [-0.3, -0.25) is 9.59 Å². The van der Waals surface area contributed by atoms with E-state index in [0.29, 0.717) is 25.7 Å². The molecule has 1 fully saturated rings. The van der Waals surface area contributed by atoms with Gasteiger partial charge in [0.15, 0.2) is 0 Å². The van der Waals surface area contributed by atoms with Crippen LogP contribution in [-0.4, -0.2) is 49.6 Å². The van der Waals surface area contributed by atoms with E-state index in [4.69, 9.17) is 4.74 Å². The first-order valence-corrected chi connectivity index (χ1v) is 7.96. The van der Waals surface area contributed by atoms with Gasteiger partial charge >= 0.3 is 0 Å². The number of amides is 2. The van der Waals surface area contributed by atoms with E-state index in [2.05, 4.69) is 10.6 Å². The lowest BCUT2D eigenvalue weighted by atomic mass is 10.2. The molecule has 0 saturated heterocycles. The Hall–Kier alpha value is -1.63. The first-order valence-electron chi connectivity index (χ1n) is 7.96. The van der Waals surface area contributed by atoms with Gasteiger partial charge in [0.25, 0.3) is 0 Å². The number of ether oxygens (including phenoxy) is 1. The molecule has 6 nitrogen and oxygen atoms in total. The minimum Gasteiger partial charge on any atom is -0.383 e. The second-order valence-corrected chi connectivity index (χ2v) is 5.79. The quantitative estimate of drug-likeness (QED) is 0.663. The Morgan fingerprint density at radius 1 is 1.25 bits per heavy atom. The SMILES string of the molecule is COCCNCC(=O)Nc1ccc(CN(C(C)=O)C2CC2)cc1.Cl. The van der Waals surface area contributed by atoms with Gasteiger partial charge in [-0.25, -0.2) is 0 Å². The Labute approximate surface area is 149 Å². The average Bonchev–Trinajstić information content (AvgIpc) is 3.35. The zero-order valence-electron chi connectivity index (χ0n) is 14.2. The highest BCUT2D eigenvalue weighted by molar-refractivity contribution is 5.92. The van der Waals surface area contributed by atoms with Crippen molar-refractivity contribution in [2.45, 2.75) is 32.4 Å². The summed E-state index contributed by atoms with van der Waals surface area (Å²) in [7, 11) is 1.62. The third-order valence-electron chi connectivity index (χ3n) is 3.75. The fraction of sp³-hybridized carbons (Fsp3) is 0.529. The van der Waals surface area contributed by atoms with Crippen molar-refractivity contribution in [1.82, 2.24) is 10.2 Å². The molecule has 0 bridgehead atoms. The maximum Gasteiger partial charge on any atom is 0.238 e. The predicted molar refractivity (Wildman–Crippen MR) is 96.3 cm³/mol. The van der Waals surface area contributed by atoms with Crippen LogP contribution < -0.4 is 10.6 Å². The van der Waals surface area contributed by atoms with Crippen LogP contribution in [0.2, 0.25) is 0 Å². The van der Waals surface area contributed by atoms with E-state index in [1.165, 1.54) is 0 Å². The molecule has 0 unspecified atom stereocenters. The normalized spacial score (nSPS) is 13.1. The van der Waals surface area contributed by atoms with Crippen molar-refractivity contribution in [3.8, 4) is 0 Å². The van der Waals surface area contributed by atoms with Gasteiger partial charge in [0, 0.05) is 38.9 Å². The number of methoxy groups -OCH3 is 1. The molecule has 24 heavy (non-hydrogen) atoms. The van der Waals surface area contributed by atoms with Crippen molar-refractivity contribution in [1.29, 1.82) is 0 Å². The molecule has 7 heteroatoms. The van der Waals surface area contributed by atoms with E-state index >= 15 is 0 Å². The maximum absolute atomic E-state index is 11.8. The summed E-state index contributed by atoms with van der Waals surface area (Å²) in [6.45, 7) is 3.72. The van der Waals surface area contributed by atoms with Crippen LogP contribution in [0.15, 0.2) is 24.3 Å². The topological polar surface area (TPSA) is 70.7 Å². The van der Waals surface area contributed by atoms with E-state index in [1.54, 1.807) is 14.0 Å². The number of hydrogen-bond acceptors (Lipinski definition) is 4. The summed E-state index contributed by atoms with van der Waals surface area (Å²) in [4.78, 5) is 25.3. The van der Waals surface area contributed by atoms with Gasteiger partial charge in [-0.2, -0.15) is 0 Å². The second-order valence-electron chi connectivity index (χ2n) is 5.79. The second kappa shape index (κ2) is 10.3. The standard InChI is InChI=1S/C17H25N3O3.ClH/c1-13(21)20(16-7-8-16)12-14-3-5-15(6-4-14)19-17(22)11-18-9-10-23-2;/h3-6,16,18H,7-12H2,1-2H3,(H,19,22);1H. The number of halogens is 1. The monoisotopic (exact) mass is 355 g/mol. The molecule has 0 atom stereocenters. The molecule has 1 aliphatic rings. The third kappa shape index (κ3) is 6.86. The summed E-state index contributed by atoms with van der Waals surface area (Å²) in [6, 6.07) is 8.05. The van der Waals surface area contributed by atoms with Crippen molar-refractivity contribution in [2.75, 3.05) is 32.1 Å². The van der Waals surface area contributed by atoms with E-state index in [-0.39, 0.29) is 30.8 Å². The molecule has 1 aliphatic carbocycles. The molecule has 0 heterocycles. The van der Waals surface area contributed by atoms with Gasteiger partial charge in [0.05, 0.1) is 13.2 Å². The minimum atomic E-state index is -0.0859. The molecule has 1 saturated carbocycles. The van der Waals surface area contributed by atoms with Crippen LogP contribution in [0.5, 0.6) is 0 Å². The molecule has 0 aromatic heterocycles. The highest BCUT2D eigenvalue weighted by atomic mass is 35.5. The molecule has 0 radical (unpaired) electrons. The Morgan fingerprint density at radius 3 is 2.46 bits per heavy atom. The zero-order valence-corrected chi connectivity index (χ0v) is 15.0. The van der Waals surface area contributed by atoms with Gasteiger partial charge < -0.3 is 20.3 Å². The summed E-state index contributed by atoms with van der Waals surface area (Å²) >= 11 is 0. The summed E-state index contributed by atoms with van der Waals surface area (Å²) in [6.07, 6.45) is 2.20. The molecule has 0 spiro atoms. The Balaban J connectivity index is 0.00000288. The van der Waals surface area contributed by atoms with Crippen LogP contribution >= 0.6 is 12.4 Å². The number of carbonyl (C=O) groups is 2. The number of nitrogens with one attached hydrogen (secondary N) is 2. The molecule has 2 amide bonds. The third-order valence-corrected chi connectivity index (χ3v) is 3.75. The average molecular weight is 356 g/mol. The Morgan fingerprint density at radius 2 is 1.92 bits per heavy atom. The van der Waals surface area contributed by atoms with E-state index < -0.39 is 0 Å². The number of benzene rings is 1. The number of carbonyl (C=O) groups excluding carboxylic acids is 2. The van der Waals surface area contributed by atoms with Crippen molar-refractivity contribution in [3.63, 3.8) is 0 Å². The van der Waals surface area contributed by atoms with Crippen molar-refractivity contribution in [3.05, 3.63) is 29.8 Å². The summed E-state index contributed by atoms with van der Waals surface area (Å²) < 4.78 is 4.90. The van der Waals surface area contributed by atoms with E-state index in [0.717, 1.165) is 24.1 Å². The molecular weight excluding hydrogens is 330 g/mol. The first kappa shape index (κ1) is 20.4. The Kier molecular flexibility index (Phi) is 8.74. The van der Waals surface area contributed by atoms with Crippen LogP contribution in [0.25, 0.3) is 0 Å². The van der Waals surface area contributed by atoms with Gasteiger partial charge in [0.2, 0.25) is 11.8 Å². The maximum atomic E-state index is 11.8. The van der Waals surface area contributed by atoms with Crippen LogP contribution in [0.1, 0.15) is 25.3 Å². The van der Waals surface area contributed by atoms with Gasteiger partial charge in [-0.15, -0.1) is 12.4 Å². The fourth-order valence-electron chi connectivity index (χ4n) is 2.36. The summed E-state index contributed by atoms with van der Waals surface area (Å²) in [5, 5.41) is 5.83. The molecule has 2 rings (SSSR count). The van der Waals surface area contributed by atoms with Crippen molar-refractivity contribution in [2.24, 2.45) is 0 Å². The summed E-state index contributed by atoms with van der Waals surface area (Å²) in [5.74, 6) is 0.0317. The lowest BCUT2D eigenvalue weighted by Crippen LogP contribution is -2.30. The lowest BCUT2D eigenvalue weighted by Gasteiger charge is -2.20. The van der Waals surface area contributed by atoms with Gasteiger partial charge in [-0.05, 0) is 30.5 Å². The molecule has 134 valence electrons. The lowest BCUT2D eigenvalue weighted by molar-refractivity contribution is -0.130. The zero-order chi connectivity index (χ0) is 16.7. The Bertz CT molecular complexity index is 532. The number of hydrogen-bond donors (Lipinski definition) is 2. The van der Waals surface area contributed by atoms with Crippen molar-refractivity contribution >= 4 is 29.9 Å². The van der Waals surface area contributed by atoms with Gasteiger partial charge in [0.1, 0.15) is 0 Å². The van der Waals surface area contributed by atoms with E-state index in [9.17, 15) is 9.59 Å². The van der Waals surface area contributed by atoms with Crippen LogP contribution in [0.4, 0.5) is 5.69 Å². The van der Waals surface area contributed by atoms with Crippen LogP contribution in [0, 0.1) is 0 Å². The molecule has 1 aromatic rings. The molecular formula is C17H26ClN3O3. The number of nitrogens with zero attached hydrogens (tertiary/aromatic N) is 1. The van der Waals surface area contributed by atoms with E-state index in [1.807, 2.05) is 29.2 Å². The highest BCUT2D eigenvalue weighted by Gasteiger charge is 2.30. The largest absolute Gasteiger partial charge is 0.383 e. The smallest absolute Gasteiger partial charge is 0.238 e.